The van der Waals surface area contributed by atoms with Crippen molar-refractivity contribution < 1.29 is 13.9 Å². The summed E-state index contributed by atoms with van der Waals surface area (Å²) in [6, 6.07) is 6.78. The fraction of sp³-hybridized carbons (Fsp3) is 0.318. The molecule has 2 atom stereocenters. The van der Waals surface area contributed by atoms with Gasteiger partial charge in [0, 0.05) is 23.3 Å². The summed E-state index contributed by atoms with van der Waals surface area (Å²) in [7, 11) is 0. The molecular formula is C22H22N4O4. The van der Waals surface area contributed by atoms with E-state index in [0.717, 1.165) is 0 Å². The van der Waals surface area contributed by atoms with Crippen molar-refractivity contribution in [3.8, 4) is 5.88 Å². The van der Waals surface area contributed by atoms with Gasteiger partial charge in [0.15, 0.2) is 11.2 Å². The van der Waals surface area contributed by atoms with Gasteiger partial charge in [0.1, 0.15) is 17.1 Å². The lowest BCUT2D eigenvalue weighted by Crippen LogP contribution is -2.31. The minimum Gasteiger partial charge on any atom is -0.478 e. The molecule has 1 aliphatic heterocycles. The van der Waals surface area contributed by atoms with Crippen LogP contribution in [-0.2, 0) is 4.79 Å². The van der Waals surface area contributed by atoms with Crippen molar-refractivity contribution in [1.82, 2.24) is 9.97 Å². The van der Waals surface area contributed by atoms with Gasteiger partial charge in [-0.2, -0.15) is 9.97 Å². The van der Waals surface area contributed by atoms with Crippen LogP contribution in [0.5, 0.6) is 5.88 Å². The maximum absolute atomic E-state index is 12.7. The molecule has 154 valence electrons. The van der Waals surface area contributed by atoms with Crippen LogP contribution in [0.15, 0.2) is 38.5 Å². The highest BCUT2D eigenvalue weighted by Crippen LogP contribution is 2.47. The Labute approximate surface area is 172 Å². The summed E-state index contributed by atoms with van der Waals surface area (Å²) >= 11 is 0. The third-order valence-electron chi connectivity index (χ3n) is 5.25. The number of nitrogens with zero attached hydrogens (tertiary/aromatic N) is 3. The third-order valence-corrected chi connectivity index (χ3v) is 5.25. The van der Waals surface area contributed by atoms with Crippen molar-refractivity contribution in [3.63, 3.8) is 0 Å². The lowest BCUT2D eigenvalue weighted by Gasteiger charge is -2.31. The molecule has 0 saturated carbocycles. The summed E-state index contributed by atoms with van der Waals surface area (Å²) in [6.07, 6.45) is 0. The number of rotatable bonds is 4. The van der Waals surface area contributed by atoms with E-state index in [-0.39, 0.29) is 23.0 Å². The van der Waals surface area contributed by atoms with Gasteiger partial charge in [0.2, 0.25) is 11.8 Å². The first-order chi connectivity index (χ1) is 14.3. The minimum absolute atomic E-state index is 0.0362. The van der Waals surface area contributed by atoms with Gasteiger partial charge in [0.05, 0.1) is 23.5 Å². The maximum Gasteiger partial charge on any atom is 0.225 e. The zero-order chi connectivity index (χ0) is 21.6. The van der Waals surface area contributed by atoms with Crippen LogP contribution >= 0.6 is 0 Å². The molecule has 30 heavy (non-hydrogen) atoms. The largest absolute Gasteiger partial charge is 0.478 e. The molecule has 1 aliphatic rings. The van der Waals surface area contributed by atoms with Crippen molar-refractivity contribution in [2.75, 3.05) is 12.3 Å². The Morgan fingerprint density at radius 2 is 2.03 bits per heavy atom. The van der Waals surface area contributed by atoms with E-state index in [0.29, 0.717) is 46.0 Å². The Morgan fingerprint density at radius 3 is 2.73 bits per heavy atom. The fourth-order valence-corrected chi connectivity index (χ4v) is 4.13. The Kier molecular flexibility index (Phi) is 4.85. The number of hydrogen-bond donors (Lipinski definition) is 1. The lowest BCUT2D eigenvalue weighted by atomic mass is 9.75. The highest BCUT2D eigenvalue weighted by Gasteiger charge is 2.40. The number of hydrogen-bond acceptors (Lipinski definition) is 8. The third kappa shape index (κ3) is 3.14. The molecule has 3 aromatic rings. The van der Waals surface area contributed by atoms with Crippen LogP contribution in [-0.4, -0.2) is 28.1 Å². The molecule has 3 heterocycles. The second-order valence-electron chi connectivity index (χ2n) is 7.32. The van der Waals surface area contributed by atoms with E-state index in [1.165, 1.54) is 13.0 Å². The van der Waals surface area contributed by atoms with Gasteiger partial charge in [0.25, 0.3) is 0 Å². The molecule has 1 aromatic carbocycles. The number of carbonyl (C=O) groups excluding carboxylic acids is 1. The number of para-hydroxylation sites is 1. The molecule has 0 fully saturated rings. The van der Waals surface area contributed by atoms with Crippen LogP contribution in [0.4, 0.5) is 11.8 Å². The van der Waals surface area contributed by atoms with Crippen molar-refractivity contribution in [2.45, 2.75) is 33.6 Å². The average molecular weight is 406 g/mol. The molecule has 0 bridgehead atoms. The highest BCUT2D eigenvalue weighted by atomic mass is 16.5. The zero-order valence-electron chi connectivity index (χ0n) is 17.2. The van der Waals surface area contributed by atoms with E-state index in [1.54, 1.807) is 26.0 Å². The number of ketones is 1. The van der Waals surface area contributed by atoms with E-state index in [4.69, 9.17) is 14.9 Å². The number of aryl methyl sites for hydroxylation is 1. The van der Waals surface area contributed by atoms with Gasteiger partial charge >= 0.3 is 0 Å². The summed E-state index contributed by atoms with van der Waals surface area (Å²) in [5.41, 5.74) is 8.00. The molecule has 0 radical (unpaired) electrons. The zero-order valence-corrected chi connectivity index (χ0v) is 17.2. The van der Waals surface area contributed by atoms with Crippen LogP contribution in [0.3, 0.4) is 0 Å². The number of anilines is 1. The molecule has 0 spiro atoms. The van der Waals surface area contributed by atoms with Gasteiger partial charge in [-0.15, -0.1) is 0 Å². The van der Waals surface area contributed by atoms with Crippen LogP contribution in [0.25, 0.3) is 11.0 Å². The Balaban J connectivity index is 2.11. The van der Waals surface area contributed by atoms with Crippen molar-refractivity contribution >= 4 is 34.2 Å². The number of carbonyl (C=O) groups is 1. The average Bonchev–Trinajstić information content (AvgIpc) is 2.66. The van der Waals surface area contributed by atoms with Gasteiger partial charge in [-0.3, -0.25) is 9.59 Å². The molecular weight excluding hydrogens is 384 g/mol. The molecule has 8 nitrogen and oxygen atoms in total. The van der Waals surface area contributed by atoms with Crippen LogP contribution in [0, 0.1) is 12.8 Å². The highest BCUT2D eigenvalue weighted by molar-refractivity contribution is 6.07. The summed E-state index contributed by atoms with van der Waals surface area (Å²) in [5.74, 6) is -0.0322. The molecule has 8 heteroatoms. The van der Waals surface area contributed by atoms with E-state index >= 15 is 0 Å². The molecule has 4 rings (SSSR count). The summed E-state index contributed by atoms with van der Waals surface area (Å²) in [6.45, 7) is 7.21. The number of fused-ring (bicyclic) bond motifs is 2. The predicted molar refractivity (Wildman–Crippen MR) is 114 cm³/mol. The first-order valence-electron chi connectivity index (χ1n) is 9.71. The van der Waals surface area contributed by atoms with E-state index < -0.39 is 11.8 Å². The molecule has 0 saturated heterocycles. The number of nitrogens with two attached hydrogens (primary N) is 1. The maximum atomic E-state index is 12.7. The number of nitrogen functional groups attached to an aromatic ring is 1. The second-order valence-corrected chi connectivity index (χ2v) is 7.32. The van der Waals surface area contributed by atoms with E-state index in [9.17, 15) is 9.59 Å². The van der Waals surface area contributed by atoms with Gasteiger partial charge < -0.3 is 14.9 Å². The summed E-state index contributed by atoms with van der Waals surface area (Å²) in [4.78, 5) is 38.4. The lowest BCUT2D eigenvalue weighted by molar-refractivity contribution is -0.119. The predicted octanol–water partition coefficient (Wildman–Crippen LogP) is 3.32. The Bertz CT molecular complexity index is 1260. The van der Waals surface area contributed by atoms with Gasteiger partial charge in [-0.25, -0.2) is 4.99 Å². The Morgan fingerprint density at radius 1 is 1.27 bits per heavy atom. The quantitative estimate of drug-likeness (QED) is 0.705. The first-order valence-corrected chi connectivity index (χ1v) is 9.71. The molecule has 2 N–H and O–H groups in total. The normalized spacial score (nSPS) is 18.1. The van der Waals surface area contributed by atoms with Crippen LogP contribution in [0.1, 0.15) is 43.6 Å². The monoisotopic (exact) mass is 406 g/mol. The van der Waals surface area contributed by atoms with Crippen molar-refractivity contribution in [3.05, 3.63) is 51.4 Å². The van der Waals surface area contributed by atoms with E-state index in [1.807, 2.05) is 13.0 Å². The number of aliphatic imine (C=N–C) groups is 1. The SMILES string of the molecule is CCOc1nc(N)nc2c1C(c1cccc3c(=O)cc(C)oc13)C(C(C)=O)C(C)=N2. The number of benzene rings is 1. The van der Waals surface area contributed by atoms with E-state index in [2.05, 4.69) is 15.0 Å². The number of aromatic nitrogens is 2. The van der Waals surface area contributed by atoms with Crippen molar-refractivity contribution in [2.24, 2.45) is 10.9 Å². The second kappa shape index (κ2) is 7.37. The number of ether oxygens (including phenoxy) is 1. The van der Waals surface area contributed by atoms with Gasteiger partial charge in [-0.1, -0.05) is 12.1 Å². The topological polar surface area (TPSA) is 121 Å². The van der Waals surface area contributed by atoms with Gasteiger partial charge in [-0.05, 0) is 33.8 Å². The van der Waals surface area contributed by atoms with Crippen LogP contribution < -0.4 is 15.9 Å². The standard InChI is InChI=1S/C22H22N4O4/c1-5-29-21-18-17(14-8-6-7-13-15(28)9-10(2)30-19(13)14)16(12(4)27)11(3)24-20(18)25-22(23)26-21/h6-9,16-17H,5H2,1-4H3,(H2,23,25,26). The molecule has 2 aromatic heterocycles. The molecule has 0 amide bonds. The minimum atomic E-state index is -0.583. The Hall–Kier alpha value is -3.55. The smallest absolute Gasteiger partial charge is 0.225 e. The molecule has 2 unspecified atom stereocenters. The number of Topliss-reactive ketones (excluding diaryl/α,β-unsaturated/α-hetero) is 1. The van der Waals surface area contributed by atoms with Crippen LogP contribution in [0.2, 0.25) is 0 Å². The molecule has 0 aliphatic carbocycles. The first kappa shape index (κ1) is 19.8. The summed E-state index contributed by atoms with van der Waals surface area (Å²) in [5, 5.41) is 0.441. The van der Waals surface area contributed by atoms with Crippen molar-refractivity contribution in [1.29, 1.82) is 0 Å². The summed E-state index contributed by atoms with van der Waals surface area (Å²) < 4.78 is 11.7. The fourth-order valence-electron chi connectivity index (χ4n) is 4.13.